The maximum Gasteiger partial charge on any atom is 0.271 e. The third-order valence-electron chi connectivity index (χ3n) is 4.04. The largest absolute Gasteiger partial charge is 0.372 e. The van der Waals surface area contributed by atoms with Crippen molar-refractivity contribution in [1.82, 2.24) is 14.9 Å². The Morgan fingerprint density at radius 1 is 1.41 bits per heavy atom. The van der Waals surface area contributed by atoms with E-state index in [9.17, 15) is 4.79 Å². The number of nitrogens with zero attached hydrogens (tertiary/aromatic N) is 2. The fourth-order valence-electron chi connectivity index (χ4n) is 2.86. The highest BCUT2D eigenvalue weighted by atomic mass is 16.5. The van der Waals surface area contributed by atoms with Crippen LogP contribution in [-0.4, -0.2) is 22.1 Å². The highest BCUT2D eigenvalue weighted by Crippen LogP contribution is 2.19. The Kier molecular flexibility index (Phi) is 3.98. The lowest BCUT2D eigenvalue weighted by molar-refractivity contribution is 0.0815. The molecule has 0 saturated heterocycles. The van der Waals surface area contributed by atoms with Crippen molar-refractivity contribution in [2.45, 2.75) is 40.0 Å². The first-order valence-corrected chi connectivity index (χ1v) is 7.56. The van der Waals surface area contributed by atoms with E-state index in [-0.39, 0.29) is 11.9 Å². The summed E-state index contributed by atoms with van der Waals surface area (Å²) >= 11 is 0. The summed E-state index contributed by atoms with van der Waals surface area (Å²) in [4.78, 5) is 16.8. The summed E-state index contributed by atoms with van der Waals surface area (Å²) in [6, 6.07) is 6.22. The second kappa shape index (κ2) is 5.93. The number of imidazole rings is 1. The van der Waals surface area contributed by atoms with Gasteiger partial charge in [-0.2, -0.15) is 0 Å². The molecule has 0 unspecified atom stereocenters. The lowest BCUT2D eigenvalue weighted by Gasteiger charge is -2.16. The second-order valence-electron chi connectivity index (χ2n) is 5.84. The second-order valence-corrected chi connectivity index (χ2v) is 5.84. The molecular weight excluding hydrogens is 278 g/mol. The van der Waals surface area contributed by atoms with Gasteiger partial charge in [-0.15, -0.1) is 0 Å². The molecule has 0 aliphatic carbocycles. The van der Waals surface area contributed by atoms with Crippen LogP contribution in [0.1, 0.15) is 46.0 Å². The van der Waals surface area contributed by atoms with Crippen LogP contribution >= 0.6 is 0 Å². The zero-order chi connectivity index (χ0) is 15.7. The lowest BCUT2D eigenvalue weighted by atomic mass is 10.0. The summed E-state index contributed by atoms with van der Waals surface area (Å²) < 4.78 is 7.34. The van der Waals surface area contributed by atoms with Crippen molar-refractivity contribution in [3.63, 3.8) is 0 Å². The number of carbonyl (C=O) groups is 1. The quantitative estimate of drug-likeness (QED) is 0.947. The van der Waals surface area contributed by atoms with Gasteiger partial charge in [0, 0.05) is 12.7 Å². The molecule has 0 fully saturated rings. The molecule has 22 heavy (non-hydrogen) atoms. The number of carbonyl (C=O) groups excluding carboxylic acids is 1. The number of hydrogen-bond acceptors (Lipinski definition) is 3. The molecule has 2 heterocycles. The summed E-state index contributed by atoms with van der Waals surface area (Å²) in [6.07, 6.45) is 1.81. The van der Waals surface area contributed by atoms with Gasteiger partial charge in [-0.3, -0.25) is 4.79 Å². The van der Waals surface area contributed by atoms with E-state index < -0.39 is 0 Å². The average molecular weight is 299 g/mol. The van der Waals surface area contributed by atoms with Crippen molar-refractivity contribution in [3.8, 4) is 0 Å². The molecular formula is C17H21N3O2. The van der Waals surface area contributed by atoms with Crippen LogP contribution in [0.2, 0.25) is 0 Å². The molecule has 2 aromatic rings. The number of rotatable bonds is 3. The zero-order valence-corrected chi connectivity index (χ0v) is 13.2. The molecule has 1 aliphatic heterocycles. The van der Waals surface area contributed by atoms with E-state index in [1.807, 2.05) is 17.7 Å². The number of nitrogens with one attached hydrogen (secondary N) is 1. The topological polar surface area (TPSA) is 56.2 Å². The fraction of sp³-hybridized carbons (Fsp3) is 0.412. The molecule has 1 aromatic carbocycles. The minimum Gasteiger partial charge on any atom is -0.372 e. The van der Waals surface area contributed by atoms with Gasteiger partial charge in [0.25, 0.3) is 5.91 Å². The predicted molar refractivity (Wildman–Crippen MR) is 83.7 cm³/mol. The van der Waals surface area contributed by atoms with Gasteiger partial charge in [-0.05, 0) is 31.9 Å². The third kappa shape index (κ3) is 2.90. The summed E-state index contributed by atoms with van der Waals surface area (Å²) in [7, 11) is 0. The van der Waals surface area contributed by atoms with Gasteiger partial charge < -0.3 is 14.6 Å². The summed E-state index contributed by atoms with van der Waals surface area (Å²) in [6.45, 7) is 8.02. The van der Waals surface area contributed by atoms with Gasteiger partial charge in [0.15, 0.2) is 0 Å². The molecule has 5 nitrogen and oxygen atoms in total. The molecule has 0 radical (unpaired) electrons. The number of hydrogen-bond donors (Lipinski definition) is 1. The first kappa shape index (κ1) is 14.8. The van der Waals surface area contributed by atoms with Crippen LogP contribution in [0.15, 0.2) is 24.4 Å². The first-order chi connectivity index (χ1) is 10.5. The molecule has 0 saturated carbocycles. The Balaban J connectivity index is 1.74. The Labute approximate surface area is 130 Å². The van der Waals surface area contributed by atoms with E-state index in [4.69, 9.17) is 4.74 Å². The Bertz CT molecular complexity index is 682. The fourth-order valence-corrected chi connectivity index (χ4v) is 2.86. The average Bonchev–Trinajstić information content (AvgIpc) is 2.91. The van der Waals surface area contributed by atoms with Crippen molar-refractivity contribution in [2.24, 2.45) is 0 Å². The normalized spacial score (nSPS) is 15.2. The van der Waals surface area contributed by atoms with Gasteiger partial charge in [0.2, 0.25) is 0 Å². The molecule has 116 valence electrons. The molecule has 1 N–H and O–H groups in total. The Hall–Kier alpha value is -2.14. The predicted octanol–water partition coefficient (Wildman–Crippen LogP) is 2.52. The minimum atomic E-state index is -0.144. The summed E-state index contributed by atoms with van der Waals surface area (Å²) in [5.41, 5.74) is 4.00. The number of amides is 1. The molecule has 3 rings (SSSR count). The van der Waals surface area contributed by atoms with Crippen LogP contribution in [0.3, 0.4) is 0 Å². The van der Waals surface area contributed by atoms with Crippen LogP contribution in [0.5, 0.6) is 0 Å². The van der Waals surface area contributed by atoms with E-state index >= 15 is 0 Å². The maximum absolute atomic E-state index is 12.4. The van der Waals surface area contributed by atoms with E-state index in [2.05, 4.69) is 42.3 Å². The Morgan fingerprint density at radius 2 is 2.23 bits per heavy atom. The monoisotopic (exact) mass is 299 g/mol. The van der Waals surface area contributed by atoms with Crippen LogP contribution in [-0.2, 0) is 17.9 Å². The maximum atomic E-state index is 12.4. The van der Waals surface area contributed by atoms with Gasteiger partial charge in [-0.25, -0.2) is 4.98 Å². The SMILES string of the molecule is Cc1ccc([C@@H](C)NC(=O)c2cn3c(n2)COCC3)c(C)c1. The molecule has 5 heteroatoms. The van der Waals surface area contributed by atoms with Crippen LogP contribution < -0.4 is 5.32 Å². The van der Waals surface area contributed by atoms with Crippen LogP contribution in [0.25, 0.3) is 0 Å². The van der Waals surface area contributed by atoms with Crippen molar-refractivity contribution < 1.29 is 9.53 Å². The standard InChI is InChI=1S/C17H21N3O2/c1-11-4-5-14(12(2)8-11)13(3)18-17(21)15-9-20-6-7-22-10-16(20)19-15/h4-5,8-9,13H,6-7,10H2,1-3H3,(H,18,21)/t13-/m1/s1. The molecule has 1 aromatic heterocycles. The molecule has 0 spiro atoms. The highest BCUT2D eigenvalue weighted by molar-refractivity contribution is 5.92. The summed E-state index contributed by atoms with van der Waals surface area (Å²) in [5, 5.41) is 3.03. The molecule has 1 amide bonds. The third-order valence-corrected chi connectivity index (χ3v) is 4.04. The number of aromatic nitrogens is 2. The van der Waals surface area contributed by atoms with Crippen molar-refractivity contribution in [3.05, 3.63) is 52.6 Å². The number of benzene rings is 1. The minimum absolute atomic E-state index is 0.0527. The smallest absolute Gasteiger partial charge is 0.271 e. The number of aryl methyl sites for hydroxylation is 2. The van der Waals surface area contributed by atoms with Crippen molar-refractivity contribution >= 4 is 5.91 Å². The molecule has 0 bridgehead atoms. The highest BCUT2D eigenvalue weighted by Gasteiger charge is 2.19. The van der Waals surface area contributed by atoms with Gasteiger partial charge in [0.05, 0.1) is 12.6 Å². The van der Waals surface area contributed by atoms with E-state index in [1.54, 1.807) is 0 Å². The van der Waals surface area contributed by atoms with E-state index in [0.29, 0.717) is 18.9 Å². The Morgan fingerprint density at radius 3 is 2.95 bits per heavy atom. The van der Waals surface area contributed by atoms with Crippen LogP contribution in [0, 0.1) is 13.8 Å². The first-order valence-electron chi connectivity index (χ1n) is 7.56. The number of ether oxygens (including phenoxy) is 1. The van der Waals surface area contributed by atoms with E-state index in [0.717, 1.165) is 17.9 Å². The molecule has 1 atom stereocenters. The van der Waals surface area contributed by atoms with E-state index in [1.165, 1.54) is 11.1 Å². The summed E-state index contributed by atoms with van der Waals surface area (Å²) in [5.74, 6) is 0.671. The van der Waals surface area contributed by atoms with Gasteiger partial charge >= 0.3 is 0 Å². The van der Waals surface area contributed by atoms with Crippen molar-refractivity contribution in [2.75, 3.05) is 6.61 Å². The molecule has 1 aliphatic rings. The van der Waals surface area contributed by atoms with Gasteiger partial charge in [-0.1, -0.05) is 23.8 Å². The zero-order valence-electron chi connectivity index (χ0n) is 13.2. The van der Waals surface area contributed by atoms with Gasteiger partial charge in [0.1, 0.15) is 18.1 Å². The van der Waals surface area contributed by atoms with Crippen LogP contribution in [0.4, 0.5) is 0 Å². The number of fused-ring (bicyclic) bond motifs is 1. The lowest BCUT2D eigenvalue weighted by Crippen LogP contribution is -2.27. The van der Waals surface area contributed by atoms with Crippen molar-refractivity contribution in [1.29, 1.82) is 0 Å².